The molecule has 1 rings (SSSR count). The molecule has 0 radical (unpaired) electrons. The van der Waals surface area contributed by atoms with Gasteiger partial charge in [0, 0.05) is 19.2 Å². The molecule has 0 aliphatic heterocycles. The van der Waals surface area contributed by atoms with Crippen LogP contribution >= 0.6 is 0 Å². The molecule has 4 heteroatoms. The van der Waals surface area contributed by atoms with E-state index in [9.17, 15) is 5.11 Å². The van der Waals surface area contributed by atoms with Crippen LogP contribution < -0.4 is 0 Å². The zero-order valence-electron chi connectivity index (χ0n) is 10.1. The van der Waals surface area contributed by atoms with Gasteiger partial charge in [-0.3, -0.25) is 4.90 Å². The van der Waals surface area contributed by atoms with Crippen LogP contribution in [-0.4, -0.2) is 48.5 Å². The first-order valence-corrected chi connectivity index (χ1v) is 6.14. The van der Waals surface area contributed by atoms with E-state index in [1.165, 1.54) is 12.8 Å². The molecule has 0 bridgehead atoms. The van der Waals surface area contributed by atoms with Gasteiger partial charge in [-0.25, -0.2) is 0 Å². The van der Waals surface area contributed by atoms with Crippen molar-refractivity contribution < 1.29 is 9.84 Å². The Hall–Kier alpha value is -0.630. The molecule has 1 aliphatic carbocycles. The van der Waals surface area contributed by atoms with Gasteiger partial charge in [0.15, 0.2) is 0 Å². The molecular formula is C12H22N2O2. The van der Waals surface area contributed by atoms with Crippen LogP contribution in [-0.2, 0) is 4.74 Å². The third-order valence-electron chi connectivity index (χ3n) is 3.07. The molecule has 1 saturated carbocycles. The average Bonchev–Trinajstić information content (AvgIpc) is 2.79. The van der Waals surface area contributed by atoms with Crippen LogP contribution in [0.4, 0.5) is 0 Å². The number of aliphatic hydroxyl groups excluding tert-OH is 1. The maximum absolute atomic E-state index is 9.76. The van der Waals surface area contributed by atoms with Gasteiger partial charge >= 0.3 is 0 Å². The Labute approximate surface area is 97.8 Å². The first-order valence-electron chi connectivity index (χ1n) is 6.14. The molecular weight excluding hydrogens is 204 g/mol. The summed E-state index contributed by atoms with van der Waals surface area (Å²) in [6, 6.07) is 2.66. The molecule has 92 valence electrons. The number of nitrogens with zero attached hydrogens (tertiary/aromatic N) is 2. The summed E-state index contributed by atoms with van der Waals surface area (Å²) in [5.74, 6) is 0. The van der Waals surface area contributed by atoms with Crippen LogP contribution in [0, 0.1) is 11.3 Å². The quantitative estimate of drug-likeness (QED) is 0.662. The van der Waals surface area contributed by atoms with Crippen LogP contribution in [0.1, 0.15) is 32.6 Å². The minimum atomic E-state index is -0.478. The summed E-state index contributed by atoms with van der Waals surface area (Å²) in [6.07, 6.45) is 4.32. The molecule has 1 aliphatic rings. The summed E-state index contributed by atoms with van der Waals surface area (Å²) in [5, 5.41) is 18.5. The third kappa shape index (κ3) is 4.48. The van der Waals surface area contributed by atoms with Gasteiger partial charge in [-0.05, 0) is 19.8 Å². The molecule has 0 spiro atoms. The highest BCUT2D eigenvalue weighted by Gasteiger charge is 2.24. The number of hydrogen-bond donors (Lipinski definition) is 1. The fourth-order valence-corrected chi connectivity index (χ4v) is 2.28. The summed E-state index contributed by atoms with van der Waals surface area (Å²) < 4.78 is 5.18. The van der Waals surface area contributed by atoms with E-state index in [2.05, 4.69) is 11.0 Å². The van der Waals surface area contributed by atoms with Gasteiger partial charge in [0.2, 0.25) is 0 Å². The standard InChI is InChI=1S/C12H22N2O2/c1-2-16-10-12(15)9-14(8-7-13)11-5-3-4-6-11/h11-12,15H,2-6,8-10H2,1H3. The second-order valence-electron chi connectivity index (χ2n) is 4.34. The van der Waals surface area contributed by atoms with Crippen molar-refractivity contribution in [2.24, 2.45) is 0 Å². The van der Waals surface area contributed by atoms with Crippen molar-refractivity contribution in [3.63, 3.8) is 0 Å². The molecule has 1 N–H and O–H groups in total. The first kappa shape index (κ1) is 13.4. The van der Waals surface area contributed by atoms with Gasteiger partial charge in [0.25, 0.3) is 0 Å². The molecule has 0 aromatic rings. The second kappa shape index (κ2) is 7.61. The fourth-order valence-electron chi connectivity index (χ4n) is 2.28. The first-order chi connectivity index (χ1) is 7.77. The Morgan fingerprint density at radius 2 is 2.19 bits per heavy atom. The Balaban J connectivity index is 2.34. The van der Waals surface area contributed by atoms with E-state index in [0.29, 0.717) is 32.3 Å². The van der Waals surface area contributed by atoms with E-state index < -0.39 is 6.10 Å². The van der Waals surface area contributed by atoms with Crippen LogP contribution in [0.2, 0.25) is 0 Å². The predicted octanol–water partition coefficient (Wildman–Crippen LogP) is 1.15. The van der Waals surface area contributed by atoms with Crippen LogP contribution in [0.25, 0.3) is 0 Å². The van der Waals surface area contributed by atoms with Crippen molar-refractivity contribution in [1.29, 1.82) is 5.26 Å². The number of rotatable bonds is 7. The van der Waals surface area contributed by atoms with Gasteiger partial charge in [0.05, 0.1) is 25.3 Å². The normalized spacial score (nSPS) is 18.9. The zero-order chi connectivity index (χ0) is 11.8. The number of hydrogen-bond acceptors (Lipinski definition) is 4. The zero-order valence-corrected chi connectivity index (χ0v) is 10.1. The van der Waals surface area contributed by atoms with Crippen molar-refractivity contribution in [3.8, 4) is 6.07 Å². The molecule has 0 aromatic carbocycles. The highest BCUT2D eigenvalue weighted by atomic mass is 16.5. The van der Waals surface area contributed by atoms with Crippen LogP contribution in [0.5, 0.6) is 0 Å². The van der Waals surface area contributed by atoms with Crippen molar-refractivity contribution in [1.82, 2.24) is 4.90 Å². The van der Waals surface area contributed by atoms with Gasteiger partial charge in [-0.15, -0.1) is 0 Å². The van der Waals surface area contributed by atoms with E-state index in [1.54, 1.807) is 0 Å². The largest absolute Gasteiger partial charge is 0.389 e. The summed E-state index contributed by atoms with van der Waals surface area (Å²) in [5.41, 5.74) is 0. The molecule has 1 atom stereocenters. The Bertz CT molecular complexity index is 222. The maximum atomic E-state index is 9.76. The summed E-state index contributed by atoms with van der Waals surface area (Å²) >= 11 is 0. The van der Waals surface area contributed by atoms with E-state index in [-0.39, 0.29) is 0 Å². The van der Waals surface area contributed by atoms with Gasteiger partial charge in [0.1, 0.15) is 0 Å². The molecule has 0 amide bonds. The summed E-state index contributed by atoms with van der Waals surface area (Å²) in [7, 11) is 0. The van der Waals surface area contributed by atoms with E-state index >= 15 is 0 Å². The molecule has 0 heterocycles. The lowest BCUT2D eigenvalue weighted by Gasteiger charge is -2.28. The van der Waals surface area contributed by atoms with Crippen LogP contribution in [0.3, 0.4) is 0 Å². The monoisotopic (exact) mass is 226 g/mol. The van der Waals surface area contributed by atoms with E-state index in [0.717, 1.165) is 12.8 Å². The van der Waals surface area contributed by atoms with Crippen LogP contribution in [0.15, 0.2) is 0 Å². The minimum Gasteiger partial charge on any atom is -0.389 e. The highest BCUT2D eigenvalue weighted by Crippen LogP contribution is 2.23. The lowest BCUT2D eigenvalue weighted by Crippen LogP contribution is -2.41. The number of ether oxygens (including phenoxy) is 1. The Kier molecular flexibility index (Phi) is 6.39. The second-order valence-corrected chi connectivity index (χ2v) is 4.34. The summed E-state index contributed by atoms with van der Waals surface area (Å²) in [4.78, 5) is 2.09. The van der Waals surface area contributed by atoms with Crippen molar-refractivity contribution >= 4 is 0 Å². The smallest absolute Gasteiger partial charge is 0.0900 e. The van der Waals surface area contributed by atoms with Gasteiger partial charge in [-0.2, -0.15) is 5.26 Å². The maximum Gasteiger partial charge on any atom is 0.0900 e. The van der Waals surface area contributed by atoms with Crippen molar-refractivity contribution in [2.45, 2.75) is 44.8 Å². The molecule has 16 heavy (non-hydrogen) atoms. The third-order valence-corrected chi connectivity index (χ3v) is 3.07. The fraction of sp³-hybridized carbons (Fsp3) is 0.917. The van der Waals surface area contributed by atoms with Crippen molar-refractivity contribution in [3.05, 3.63) is 0 Å². The minimum absolute atomic E-state index is 0.366. The summed E-state index contributed by atoms with van der Waals surface area (Å²) in [6.45, 7) is 3.87. The molecule has 1 unspecified atom stereocenters. The lowest BCUT2D eigenvalue weighted by molar-refractivity contribution is 0.0158. The molecule has 1 fully saturated rings. The number of aliphatic hydroxyl groups is 1. The Morgan fingerprint density at radius 1 is 1.50 bits per heavy atom. The SMILES string of the molecule is CCOCC(O)CN(CC#N)C1CCCC1. The Morgan fingerprint density at radius 3 is 2.75 bits per heavy atom. The average molecular weight is 226 g/mol. The lowest BCUT2D eigenvalue weighted by atomic mass is 10.2. The number of nitriles is 1. The molecule has 0 aromatic heterocycles. The molecule has 0 saturated heterocycles. The molecule has 4 nitrogen and oxygen atoms in total. The van der Waals surface area contributed by atoms with Gasteiger partial charge < -0.3 is 9.84 Å². The van der Waals surface area contributed by atoms with Gasteiger partial charge in [-0.1, -0.05) is 12.8 Å². The predicted molar refractivity (Wildman–Crippen MR) is 61.9 cm³/mol. The van der Waals surface area contributed by atoms with Crippen molar-refractivity contribution in [2.75, 3.05) is 26.3 Å². The highest BCUT2D eigenvalue weighted by molar-refractivity contribution is 4.85. The van der Waals surface area contributed by atoms with E-state index in [1.807, 2.05) is 6.92 Å². The topological polar surface area (TPSA) is 56.5 Å². The van der Waals surface area contributed by atoms with E-state index in [4.69, 9.17) is 10.00 Å².